The topological polar surface area (TPSA) is 92.8 Å². The van der Waals surface area contributed by atoms with E-state index in [9.17, 15) is 19.2 Å². The molecule has 0 aliphatic carbocycles. The maximum Gasteiger partial charge on any atom is 0.338 e. The van der Waals surface area contributed by atoms with Crippen molar-refractivity contribution in [3.8, 4) is 0 Å². The number of rotatable bonds is 8. The largest absolute Gasteiger partial charge is 0.452 e. The Labute approximate surface area is 203 Å². The number of benzene rings is 3. The Morgan fingerprint density at radius 1 is 0.857 bits per heavy atom. The molecule has 7 heteroatoms. The van der Waals surface area contributed by atoms with Crippen molar-refractivity contribution in [2.45, 2.75) is 26.3 Å². The second-order valence-corrected chi connectivity index (χ2v) is 8.78. The first kappa shape index (κ1) is 23.9. The third-order valence-electron chi connectivity index (χ3n) is 5.71. The first-order valence-corrected chi connectivity index (χ1v) is 11.4. The number of carbonyl (C=O) groups is 4. The van der Waals surface area contributed by atoms with Gasteiger partial charge in [0.25, 0.3) is 17.7 Å². The molecule has 0 aromatic heterocycles. The minimum absolute atomic E-state index is 0.133. The van der Waals surface area contributed by atoms with Gasteiger partial charge in [-0.2, -0.15) is 0 Å². The standard InChI is InChI=1S/C28H26N2O5/c1-18(2)15-24(19-9-4-3-5-10-19)29-25(31)17-35-28(34)20-11-8-12-21(16-20)30-26(32)22-13-6-7-14-23(22)27(30)33/h3-14,16,18,24H,15,17H2,1-2H3,(H,29,31). The number of hydrogen-bond donors (Lipinski definition) is 1. The van der Waals surface area contributed by atoms with Crippen LogP contribution in [0.4, 0.5) is 5.69 Å². The number of ether oxygens (including phenoxy) is 1. The highest BCUT2D eigenvalue weighted by Gasteiger charge is 2.36. The number of imide groups is 1. The highest BCUT2D eigenvalue weighted by atomic mass is 16.5. The maximum atomic E-state index is 12.7. The molecule has 1 N–H and O–H groups in total. The third kappa shape index (κ3) is 5.30. The predicted molar refractivity (Wildman–Crippen MR) is 131 cm³/mol. The molecule has 1 unspecified atom stereocenters. The third-order valence-corrected chi connectivity index (χ3v) is 5.71. The van der Waals surface area contributed by atoms with Crippen LogP contribution >= 0.6 is 0 Å². The lowest BCUT2D eigenvalue weighted by Gasteiger charge is -2.21. The highest BCUT2D eigenvalue weighted by Crippen LogP contribution is 2.29. The molecule has 3 amide bonds. The summed E-state index contributed by atoms with van der Waals surface area (Å²) >= 11 is 0. The molecule has 0 saturated heterocycles. The molecule has 0 radical (unpaired) electrons. The van der Waals surface area contributed by atoms with E-state index >= 15 is 0 Å². The molecule has 178 valence electrons. The van der Waals surface area contributed by atoms with Gasteiger partial charge in [0.05, 0.1) is 28.4 Å². The number of hydrogen-bond acceptors (Lipinski definition) is 5. The Kier molecular flexibility index (Phi) is 7.06. The molecule has 1 heterocycles. The van der Waals surface area contributed by atoms with Crippen molar-refractivity contribution in [1.82, 2.24) is 5.32 Å². The molecule has 4 rings (SSSR count). The van der Waals surface area contributed by atoms with Crippen LogP contribution in [0, 0.1) is 5.92 Å². The smallest absolute Gasteiger partial charge is 0.338 e. The van der Waals surface area contributed by atoms with Crippen molar-refractivity contribution in [3.05, 3.63) is 101 Å². The van der Waals surface area contributed by atoms with Gasteiger partial charge in [0.1, 0.15) is 0 Å². The van der Waals surface area contributed by atoms with E-state index in [1.54, 1.807) is 36.4 Å². The normalized spacial score (nSPS) is 13.5. The summed E-state index contributed by atoms with van der Waals surface area (Å²) in [4.78, 5) is 51.7. The first-order valence-electron chi connectivity index (χ1n) is 11.4. The quantitative estimate of drug-likeness (QED) is 0.385. The van der Waals surface area contributed by atoms with Gasteiger partial charge in [-0.05, 0) is 48.2 Å². The number of fused-ring (bicyclic) bond motifs is 1. The summed E-state index contributed by atoms with van der Waals surface area (Å²) in [5.74, 6) is -1.68. The van der Waals surface area contributed by atoms with Gasteiger partial charge in [0, 0.05) is 0 Å². The molecular formula is C28H26N2O5. The molecule has 3 aromatic carbocycles. The van der Waals surface area contributed by atoms with E-state index in [4.69, 9.17) is 4.74 Å². The van der Waals surface area contributed by atoms with Crippen LogP contribution in [0.15, 0.2) is 78.9 Å². The van der Waals surface area contributed by atoms with Crippen molar-refractivity contribution in [2.24, 2.45) is 5.92 Å². The number of carbonyl (C=O) groups excluding carboxylic acids is 4. The van der Waals surface area contributed by atoms with Gasteiger partial charge < -0.3 is 10.1 Å². The molecule has 3 aromatic rings. The molecule has 0 fully saturated rings. The van der Waals surface area contributed by atoms with Gasteiger partial charge in [-0.1, -0.05) is 62.4 Å². The zero-order valence-corrected chi connectivity index (χ0v) is 19.6. The van der Waals surface area contributed by atoms with E-state index in [-0.39, 0.29) is 17.3 Å². The average molecular weight is 471 g/mol. The summed E-state index contributed by atoms with van der Waals surface area (Å²) in [5, 5.41) is 2.94. The van der Waals surface area contributed by atoms with Crippen LogP contribution in [0.3, 0.4) is 0 Å². The average Bonchev–Trinajstić information content (AvgIpc) is 3.12. The van der Waals surface area contributed by atoms with Crippen LogP contribution in [0.25, 0.3) is 0 Å². The lowest BCUT2D eigenvalue weighted by molar-refractivity contribution is -0.125. The summed E-state index contributed by atoms with van der Waals surface area (Å²) in [7, 11) is 0. The zero-order chi connectivity index (χ0) is 24.9. The maximum absolute atomic E-state index is 12.7. The van der Waals surface area contributed by atoms with Gasteiger partial charge in [0.2, 0.25) is 0 Å². The Morgan fingerprint density at radius 3 is 2.11 bits per heavy atom. The van der Waals surface area contributed by atoms with E-state index in [1.165, 1.54) is 12.1 Å². The minimum atomic E-state index is -0.723. The van der Waals surface area contributed by atoms with E-state index in [0.717, 1.165) is 16.9 Å². The van der Waals surface area contributed by atoms with Gasteiger partial charge >= 0.3 is 5.97 Å². The van der Waals surface area contributed by atoms with Crippen molar-refractivity contribution in [2.75, 3.05) is 11.5 Å². The number of amides is 3. The van der Waals surface area contributed by atoms with E-state index in [0.29, 0.717) is 17.0 Å². The van der Waals surface area contributed by atoms with Gasteiger partial charge in [-0.25, -0.2) is 9.69 Å². The number of nitrogens with zero attached hydrogens (tertiary/aromatic N) is 1. The van der Waals surface area contributed by atoms with Crippen LogP contribution in [0.1, 0.15) is 62.9 Å². The molecule has 1 atom stereocenters. The van der Waals surface area contributed by atoms with Gasteiger partial charge in [-0.15, -0.1) is 0 Å². The van der Waals surface area contributed by atoms with Crippen molar-refractivity contribution < 1.29 is 23.9 Å². The van der Waals surface area contributed by atoms with E-state index in [2.05, 4.69) is 19.2 Å². The molecule has 0 bridgehead atoms. The first-order chi connectivity index (χ1) is 16.8. The van der Waals surface area contributed by atoms with Gasteiger partial charge in [-0.3, -0.25) is 14.4 Å². The van der Waals surface area contributed by atoms with Crippen LogP contribution in [0.2, 0.25) is 0 Å². The van der Waals surface area contributed by atoms with Crippen molar-refractivity contribution in [3.63, 3.8) is 0 Å². The molecule has 0 spiro atoms. The summed E-state index contributed by atoms with van der Waals surface area (Å²) in [6.07, 6.45) is 0.742. The summed E-state index contributed by atoms with van der Waals surface area (Å²) in [6, 6.07) is 22.1. The molecule has 7 nitrogen and oxygen atoms in total. The van der Waals surface area contributed by atoms with E-state index in [1.807, 2.05) is 30.3 Å². The number of esters is 1. The SMILES string of the molecule is CC(C)CC(NC(=O)COC(=O)c1cccc(N2C(=O)c3ccccc3C2=O)c1)c1ccccc1. The van der Waals surface area contributed by atoms with Crippen LogP contribution in [-0.2, 0) is 9.53 Å². The Hall–Kier alpha value is -4.26. The Bertz CT molecular complexity index is 1230. The van der Waals surface area contributed by atoms with Crippen molar-refractivity contribution in [1.29, 1.82) is 0 Å². The fourth-order valence-electron chi connectivity index (χ4n) is 4.08. The summed E-state index contributed by atoms with van der Waals surface area (Å²) in [5.41, 5.74) is 2.01. The van der Waals surface area contributed by atoms with Crippen LogP contribution < -0.4 is 10.2 Å². The number of anilines is 1. The fourth-order valence-corrected chi connectivity index (χ4v) is 4.08. The predicted octanol–water partition coefficient (Wildman–Crippen LogP) is 4.55. The second-order valence-electron chi connectivity index (χ2n) is 8.78. The zero-order valence-electron chi connectivity index (χ0n) is 19.6. The molecule has 1 aliphatic rings. The lowest BCUT2D eigenvalue weighted by atomic mass is 9.97. The summed E-state index contributed by atoms with van der Waals surface area (Å²) in [6.45, 7) is 3.70. The molecular weight excluding hydrogens is 444 g/mol. The monoisotopic (exact) mass is 470 g/mol. The molecule has 1 aliphatic heterocycles. The number of nitrogens with one attached hydrogen (secondary N) is 1. The van der Waals surface area contributed by atoms with Crippen LogP contribution in [-0.4, -0.2) is 30.3 Å². The lowest BCUT2D eigenvalue weighted by Crippen LogP contribution is -2.33. The summed E-state index contributed by atoms with van der Waals surface area (Å²) < 4.78 is 5.23. The van der Waals surface area contributed by atoms with E-state index < -0.39 is 30.3 Å². The molecule has 0 saturated carbocycles. The second kappa shape index (κ2) is 10.3. The van der Waals surface area contributed by atoms with Crippen LogP contribution in [0.5, 0.6) is 0 Å². The minimum Gasteiger partial charge on any atom is -0.452 e. The Balaban J connectivity index is 1.41. The fraction of sp³-hybridized carbons (Fsp3) is 0.214. The van der Waals surface area contributed by atoms with Crippen molar-refractivity contribution >= 4 is 29.4 Å². The Morgan fingerprint density at radius 2 is 1.49 bits per heavy atom. The highest BCUT2D eigenvalue weighted by molar-refractivity contribution is 6.34. The van der Waals surface area contributed by atoms with Gasteiger partial charge in [0.15, 0.2) is 6.61 Å². The molecule has 35 heavy (non-hydrogen) atoms.